The molecule has 0 aliphatic carbocycles. The molecular weight excluding hydrogens is 464 g/mol. The largest absolute Gasteiger partial charge is 0.456 e. The number of nitrogens with zero attached hydrogens (tertiary/aromatic N) is 4. The number of fused-ring (bicyclic) bond motifs is 1. The third kappa shape index (κ3) is 4.85. The minimum Gasteiger partial charge on any atom is -0.456 e. The standard InChI is InChI=1S/C27H19F2N5O2/c1-16-20(27(35)33-12-17-9-25(28)34-26(29)10-17)3-2-4-23(16)36-24-7-8-32-22-11-18(5-6-21(22)24)19-13-30-15-31-14-19/h2-11,13-15H,12H2,1H3,(H,33,35). The average Bonchev–Trinajstić information content (AvgIpc) is 2.88. The Morgan fingerprint density at radius 2 is 1.72 bits per heavy atom. The Hall–Kier alpha value is -4.79. The molecule has 0 spiro atoms. The SMILES string of the molecule is Cc1c(Oc2ccnc3cc(-c4cncnc4)ccc23)cccc1C(=O)NCc1cc(F)nc(F)c1. The lowest BCUT2D eigenvalue weighted by atomic mass is 10.1. The number of amides is 1. The molecule has 3 heterocycles. The monoisotopic (exact) mass is 483 g/mol. The molecule has 0 unspecified atom stereocenters. The topological polar surface area (TPSA) is 89.9 Å². The molecule has 36 heavy (non-hydrogen) atoms. The van der Waals surface area contributed by atoms with Gasteiger partial charge in [-0.25, -0.2) is 9.97 Å². The number of pyridine rings is 2. The molecule has 178 valence electrons. The van der Waals surface area contributed by atoms with Crippen LogP contribution in [0, 0.1) is 18.8 Å². The van der Waals surface area contributed by atoms with E-state index in [-0.39, 0.29) is 12.1 Å². The summed E-state index contributed by atoms with van der Waals surface area (Å²) in [6.45, 7) is 1.72. The maximum atomic E-state index is 13.3. The van der Waals surface area contributed by atoms with Gasteiger partial charge in [-0.15, -0.1) is 0 Å². The van der Waals surface area contributed by atoms with Gasteiger partial charge in [0, 0.05) is 47.2 Å². The lowest BCUT2D eigenvalue weighted by molar-refractivity contribution is 0.0949. The van der Waals surface area contributed by atoms with E-state index in [1.807, 2.05) is 18.2 Å². The van der Waals surface area contributed by atoms with Crippen LogP contribution in [-0.4, -0.2) is 25.8 Å². The zero-order valence-electron chi connectivity index (χ0n) is 19.1. The van der Waals surface area contributed by atoms with Crippen LogP contribution in [0.25, 0.3) is 22.0 Å². The maximum Gasteiger partial charge on any atom is 0.251 e. The molecule has 0 aliphatic rings. The van der Waals surface area contributed by atoms with Gasteiger partial charge in [0.1, 0.15) is 17.8 Å². The number of hydrogen-bond donors (Lipinski definition) is 1. The summed E-state index contributed by atoms with van der Waals surface area (Å²) in [4.78, 5) is 28.4. The highest BCUT2D eigenvalue weighted by atomic mass is 19.1. The molecule has 7 nitrogen and oxygen atoms in total. The Labute approximate surface area is 204 Å². The van der Waals surface area contributed by atoms with Crippen LogP contribution in [0.3, 0.4) is 0 Å². The lowest BCUT2D eigenvalue weighted by Crippen LogP contribution is -2.24. The van der Waals surface area contributed by atoms with Gasteiger partial charge >= 0.3 is 0 Å². The Morgan fingerprint density at radius 3 is 2.50 bits per heavy atom. The highest BCUT2D eigenvalue weighted by molar-refractivity contribution is 5.96. The summed E-state index contributed by atoms with van der Waals surface area (Å²) in [5.41, 5.74) is 3.80. The van der Waals surface area contributed by atoms with Crippen LogP contribution in [0.2, 0.25) is 0 Å². The molecule has 0 bridgehead atoms. The van der Waals surface area contributed by atoms with Crippen molar-refractivity contribution in [3.05, 3.63) is 108 Å². The van der Waals surface area contributed by atoms with E-state index in [4.69, 9.17) is 4.74 Å². The molecule has 5 rings (SSSR count). The molecule has 0 saturated heterocycles. The van der Waals surface area contributed by atoms with Gasteiger partial charge in [-0.2, -0.15) is 13.8 Å². The normalized spacial score (nSPS) is 10.9. The number of carbonyl (C=O) groups is 1. The minimum absolute atomic E-state index is 0.0521. The first-order valence-electron chi connectivity index (χ1n) is 11.0. The average molecular weight is 483 g/mol. The zero-order valence-corrected chi connectivity index (χ0v) is 19.1. The van der Waals surface area contributed by atoms with Crippen LogP contribution < -0.4 is 10.1 Å². The number of aromatic nitrogens is 4. The summed E-state index contributed by atoms with van der Waals surface area (Å²) in [6, 6.07) is 14.8. The predicted octanol–water partition coefficient (Wildman–Crippen LogP) is 5.40. The van der Waals surface area contributed by atoms with Crippen molar-refractivity contribution in [2.45, 2.75) is 13.5 Å². The summed E-state index contributed by atoms with van der Waals surface area (Å²) >= 11 is 0. The summed E-state index contributed by atoms with van der Waals surface area (Å²) in [7, 11) is 0. The van der Waals surface area contributed by atoms with Crippen molar-refractivity contribution < 1.29 is 18.3 Å². The Balaban J connectivity index is 1.38. The van der Waals surface area contributed by atoms with Crippen LogP contribution in [0.4, 0.5) is 8.78 Å². The van der Waals surface area contributed by atoms with Gasteiger partial charge in [-0.1, -0.05) is 12.1 Å². The first-order valence-corrected chi connectivity index (χ1v) is 11.0. The molecule has 3 aromatic heterocycles. The molecule has 0 atom stereocenters. The third-order valence-electron chi connectivity index (χ3n) is 5.62. The van der Waals surface area contributed by atoms with Crippen LogP contribution >= 0.6 is 0 Å². The van der Waals surface area contributed by atoms with E-state index >= 15 is 0 Å². The van der Waals surface area contributed by atoms with Gasteiger partial charge in [0.05, 0.1) is 5.52 Å². The predicted molar refractivity (Wildman–Crippen MR) is 129 cm³/mol. The fourth-order valence-electron chi connectivity index (χ4n) is 3.82. The van der Waals surface area contributed by atoms with Gasteiger partial charge in [0.2, 0.25) is 11.9 Å². The second kappa shape index (κ2) is 9.83. The molecule has 5 aromatic rings. The molecule has 0 radical (unpaired) electrons. The van der Waals surface area contributed by atoms with E-state index in [1.54, 1.807) is 49.8 Å². The van der Waals surface area contributed by atoms with Crippen molar-refractivity contribution in [3.63, 3.8) is 0 Å². The number of rotatable bonds is 6. The van der Waals surface area contributed by atoms with E-state index in [0.717, 1.165) is 34.2 Å². The maximum absolute atomic E-state index is 13.3. The summed E-state index contributed by atoms with van der Waals surface area (Å²) in [5.74, 6) is -1.21. The molecule has 1 amide bonds. The van der Waals surface area contributed by atoms with Crippen LogP contribution in [-0.2, 0) is 6.54 Å². The van der Waals surface area contributed by atoms with E-state index in [0.29, 0.717) is 22.6 Å². The number of benzene rings is 2. The van der Waals surface area contributed by atoms with Crippen molar-refractivity contribution in [1.82, 2.24) is 25.3 Å². The molecule has 2 aromatic carbocycles. The lowest BCUT2D eigenvalue weighted by Gasteiger charge is -2.14. The summed E-state index contributed by atoms with van der Waals surface area (Å²) in [6.07, 6.45) is 6.60. The van der Waals surface area contributed by atoms with Crippen molar-refractivity contribution in [2.75, 3.05) is 0 Å². The van der Waals surface area contributed by atoms with Crippen molar-refractivity contribution >= 4 is 16.8 Å². The van der Waals surface area contributed by atoms with Crippen molar-refractivity contribution in [2.24, 2.45) is 0 Å². The van der Waals surface area contributed by atoms with E-state index in [2.05, 4.69) is 25.3 Å². The van der Waals surface area contributed by atoms with Gasteiger partial charge in [0.25, 0.3) is 5.91 Å². The zero-order chi connectivity index (χ0) is 25.1. The molecule has 0 fully saturated rings. The fourth-order valence-corrected chi connectivity index (χ4v) is 3.82. The van der Waals surface area contributed by atoms with Crippen LogP contribution in [0.5, 0.6) is 11.5 Å². The fraction of sp³-hybridized carbons (Fsp3) is 0.0741. The second-order valence-electron chi connectivity index (χ2n) is 8.00. The first-order chi connectivity index (χ1) is 17.5. The van der Waals surface area contributed by atoms with Gasteiger partial charge in [0.15, 0.2) is 0 Å². The van der Waals surface area contributed by atoms with Crippen molar-refractivity contribution in [1.29, 1.82) is 0 Å². The number of carbonyl (C=O) groups excluding carboxylic acids is 1. The summed E-state index contributed by atoms with van der Waals surface area (Å²) in [5, 5.41) is 3.48. The molecule has 0 aliphatic heterocycles. The number of ether oxygens (including phenoxy) is 1. The Morgan fingerprint density at radius 1 is 0.944 bits per heavy atom. The second-order valence-corrected chi connectivity index (χ2v) is 8.00. The van der Waals surface area contributed by atoms with E-state index in [9.17, 15) is 13.6 Å². The highest BCUT2D eigenvalue weighted by Crippen LogP contribution is 2.33. The van der Waals surface area contributed by atoms with Crippen LogP contribution in [0.1, 0.15) is 21.5 Å². The van der Waals surface area contributed by atoms with Gasteiger partial charge < -0.3 is 10.1 Å². The molecule has 9 heteroatoms. The number of nitrogens with one attached hydrogen (secondary N) is 1. The van der Waals surface area contributed by atoms with Crippen molar-refractivity contribution in [3.8, 4) is 22.6 Å². The van der Waals surface area contributed by atoms with E-state index < -0.39 is 17.8 Å². The number of halogens is 2. The highest BCUT2D eigenvalue weighted by Gasteiger charge is 2.15. The Bertz CT molecular complexity index is 1560. The van der Waals surface area contributed by atoms with Gasteiger partial charge in [-0.05, 0) is 60.5 Å². The first kappa shape index (κ1) is 23.0. The van der Waals surface area contributed by atoms with Gasteiger partial charge in [-0.3, -0.25) is 9.78 Å². The molecular formula is C27H19F2N5O2. The molecule has 0 saturated carbocycles. The quantitative estimate of drug-likeness (QED) is 0.326. The van der Waals surface area contributed by atoms with Crippen LogP contribution in [0.15, 0.2) is 79.5 Å². The minimum atomic E-state index is -0.945. The smallest absolute Gasteiger partial charge is 0.251 e. The molecule has 1 N–H and O–H groups in total. The summed E-state index contributed by atoms with van der Waals surface area (Å²) < 4.78 is 32.9. The third-order valence-corrected chi connectivity index (χ3v) is 5.62. The Kier molecular flexibility index (Phi) is 6.27. The number of hydrogen-bond acceptors (Lipinski definition) is 6. The van der Waals surface area contributed by atoms with E-state index in [1.165, 1.54) is 6.33 Å².